The molecule has 0 bridgehead atoms. The van der Waals surface area contributed by atoms with Gasteiger partial charge in [0.1, 0.15) is 12.2 Å². The molecule has 0 amide bonds. The molecule has 6 rings (SSSR count). The minimum Gasteiger partial charge on any atom is -0.462 e. The van der Waals surface area contributed by atoms with E-state index in [1.54, 1.807) is 0 Å². The van der Waals surface area contributed by atoms with Crippen LogP contribution in [0.2, 0.25) is 0 Å². The molecule has 0 aromatic rings. The van der Waals surface area contributed by atoms with E-state index >= 15 is 0 Å². The molecule has 154 valence electrons. The Hall–Kier alpha value is -1.22. The molecule has 0 aromatic heterocycles. The first-order chi connectivity index (χ1) is 13.3. The molecule has 2 saturated carbocycles. The molecule has 8 heteroatoms. The minimum absolute atomic E-state index is 0.149. The Morgan fingerprint density at radius 3 is 1.46 bits per heavy atom. The Morgan fingerprint density at radius 2 is 1.07 bits per heavy atom. The molecular formula is C20H26O8. The number of ether oxygens (including phenoxy) is 6. The first kappa shape index (κ1) is 17.6. The lowest BCUT2D eigenvalue weighted by Gasteiger charge is -2.24. The van der Waals surface area contributed by atoms with Gasteiger partial charge >= 0.3 is 11.9 Å². The number of carbonyl (C=O) groups excluding carboxylic acids is 2. The molecule has 6 fully saturated rings. The van der Waals surface area contributed by atoms with Crippen LogP contribution in [0.4, 0.5) is 0 Å². The van der Waals surface area contributed by atoms with Crippen molar-refractivity contribution in [3.05, 3.63) is 0 Å². The Bertz CT molecular complexity index is 672. The normalized spacial score (nSPS) is 53.6. The van der Waals surface area contributed by atoms with Crippen LogP contribution in [0.3, 0.4) is 0 Å². The maximum Gasteiger partial charge on any atom is 0.306 e. The Balaban J connectivity index is 0.887. The average Bonchev–Trinajstić information content (AvgIpc) is 3.49. The molecule has 2 aliphatic carbocycles. The average molecular weight is 394 g/mol. The zero-order valence-corrected chi connectivity index (χ0v) is 16.2. The van der Waals surface area contributed by atoms with Crippen LogP contribution in [0.15, 0.2) is 0 Å². The van der Waals surface area contributed by atoms with E-state index in [4.69, 9.17) is 28.4 Å². The molecule has 4 aliphatic heterocycles. The molecule has 4 unspecified atom stereocenters. The number of carbonyl (C=O) groups is 2. The Kier molecular flexibility index (Phi) is 3.32. The summed E-state index contributed by atoms with van der Waals surface area (Å²) in [5.74, 6) is -1.54. The van der Waals surface area contributed by atoms with Gasteiger partial charge in [0.15, 0.2) is 0 Å². The van der Waals surface area contributed by atoms with Gasteiger partial charge in [0, 0.05) is 38.5 Å². The summed E-state index contributed by atoms with van der Waals surface area (Å²) in [5, 5.41) is 0. The first-order valence-corrected chi connectivity index (χ1v) is 10.5. The second-order valence-corrected chi connectivity index (χ2v) is 9.45. The van der Waals surface area contributed by atoms with Gasteiger partial charge in [-0.2, -0.15) is 0 Å². The molecular weight excluding hydrogens is 368 g/mol. The molecule has 4 atom stereocenters. The highest BCUT2D eigenvalue weighted by Crippen LogP contribution is 2.76. The second kappa shape index (κ2) is 5.28. The standard InChI is InChI=1S/C20H26O8/c1-11-7-17-19(25-17,26-17)9-13(11)23-15(21)5-3-4-6-16(22)24-14-10-20-18(27-20,28-20)8-12(14)2/h11-14H,3-10H2,1-2H3. The second-order valence-electron chi connectivity index (χ2n) is 9.45. The first-order valence-electron chi connectivity index (χ1n) is 10.5. The van der Waals surface area contributed by atoms with Crippen molar-refractivity contribution in [1.29, 1.82) is 0 Å². The van der Waals surface area contributed by atoms with Gasteiger partial charge in [-0.3, -0.25) is 9.59 Å². The van der Waals surface area contributed by atoms with E-state index in [2.05, 4.69) is 13.8 Å². The van der Waals surface area contributed by atoms with E-state index in [0.29, 0.717) is 38.5 Å². The Labute approximate surface area is 163 Å². The predicted octanol–water partition coefficient (Wildman–Crippen LogP) is 2.14. The number of rotatable bonds is 7. The van der Waals surface area contributed by atoms with E-state index in [0.717, 1.165) is 12.8 Å². The summed E-state index contributed by atoms with van der Waals surface area (Å²) in [5.41, 5.74) is 0. The fourth-order valence-electron chi connectivity index (χ4n) is 5.29. The predicted molar refractivity (Wildman–Crippen MR) is 90.3 cm³/mol. The Morgan fingerprint density at radius 1 is 0.714 bits per heavy atom. The number of epoxide rings is 4. The lowest BCUT2D eigenvalue weighted by molar-refractivity contribution is -0.156. The summed E-state index contributed by atoms with van der Waals surface area (Å²) in [6, 6.07) is 0. The number of hydrogen-bond acceptors (Lipinski definition) is 8. The van der Waals surface area contributed by atoms with Crippen LogP contribution in [0.1, 0.15) is 65.2 Å². The monoisotopic (exact) mass is 394 g/mol. The smallest absolute Gasteiger partial charge is 0.306 e. The van der Waals surface area contributed by atoms with Crippen molar-refractivity contribution in [2.75, 3.05) is 0 Å². The highest BCUT2D eigenvalue weighted by Gasteiger charge is 2.93. The third kappa shape index (κ3) is 2.44. The van der Waals surface area contributed by atoms with Crippen molar-refractivity contribution in [2.45, 2.75) is 101 Å². The molecule has 0 radical (unpaired) electrons. The van der Waals surface area contributed by atoms with Gasteiger partial charge in [-0.05, 0) is 24.7 Å². The molecule has 0 spiro atoms. The van der Waals surface area contributed by atoms with Gasteiger partial charge in [0.05, 0.1) is 0 Å². The maximum absolute atomic E-state index is 12.1. The molecule has 28 heavy (non-hydrogen) atoms. The van der Waals surface area contributed by atoms with Gasteiger partial charge < -0.3 is 28.4 Å². The van der Waals surface area contributed by atoms with Crippen LogP contribution < -0.4 is 0 Å². The van der Waals surface area contributed by atoms with Crippen LogP contribution in [0.5, 0.6) is 0 Å². The zero-order chi connectivity index (χ0) is 19.4. The van der Waals surface area contributed by atoms with Crippen LogP contribution in [-0.2, 0) is 38.0 Å². The van der Waals surface area contributed by atoms with E-state index in [9.17, 15) is 9.59 Å². The van der Waals surface area contributed by atoms with E-state index in [1.165, 1.54) is 0 Å². The molecule has 6 aliphatic rings. The quantitative estimate of drug-likeness (QED) is 0.368. The third-order valence-electron chi connectivity index (χ3n) is 7.28. The number of unbranched alkanes of at least 4 members (excludes halogenated alkanes) is 1. The SMILES string of the molecule is CC1CC23OC2(CC1OC(=O)CCCCC(=O)OC1CC24OC2(CC1C)O4)O3. The lowest BCUT2D eigenvalue weighted by Crippen LogP contribution is -2.32. The summed E-state index contributed by atoms with van der Waals surface area (Å²) in [6.45, 7) is 4.12. The van der Waals surface area contributed by atoms with Gasteiger partial charge in [-0.25, -0.2) is 0 Å². The highest BCUT2D eigenvalue weighted by atomic mass is 17.1. The summed E-state index contributed by atoms with van der Waals surface area (Å²) < 4.78 is 33.5. The molecule has 4 heterocycles. The van der Waals surface area contributed by atoms with Crippen molar-refractivity contribution >= 4 is 11.9 Å². The van der Waals surface area contributed by atoms with Crippen molar-refractivity contribution in [3.8, 4) is 0 Å². The molecule has 4 saturated heterocycles. The fourth-order valence-corrected chi connectivity index (χ4v) is 5.29. The summed E-state index contributed by atoms with van der Waals surface area (Å²) >= 11 is 0. The van der Waals surface area contributed by atoms with E-state index in [-0.39, 0.29) is 47.6 Å². The summed E-state index contributed by atoms with van der Waals surface area (Å²) in [7, 11) is 0. The molecule has 0 N–H and O–H groups in total. The van der Waals surface area contributed by atoms with Crippen molar-refractivity contribution < 1.29 is 38.0 Å². The van der Waals surface area contributed by atoms with E-state index < -0.39 is 11.6 Å². The van der Waals surface area contributed by atoms with Crippen LogP contribution in [0.25, 0.3) is 0 Å². The maximum atomic E-state index is 12.1. The number of esters is 2. The van der Waals surface area contributed by atoms with Crippen molar-refractivity contribution in [3.63, 3.8) is 0 Å². The van der Waals surface area contributed by atoms with Crippen molar-refractivity contribution in [1.82, 2.24) is 0 Å². The molecule has 0 aromatic carbocycles. The lowest BCUT2D eigenvalue weighted by atomic mass is 9.88. The molecule has 8 nitrogen and oxygen atoms in total. The van der Waals surface area contributed by atoms with Gasteiger partial charge in [-0.15, -0.1) is 0 Å². The van der Waals surface area contributed by atoms with Gasteiger partial charge in [-0.1, -0.05) is 13.8 Å². The largest absolute Gasteiger partial charge is 0.462 e. The van der Waals surface area contributed by atoms with Crippen LogP contribution in [-0.4, -0.2) is 47.3 Å². The topological polar surface area (TPSA) is 103 Å². The summed E-state index contributed by atoms with van der Waals surface area (Å²) in [6.07, 6.45) is 4.36. The van der Waals surface area contributed by atoms with Crippen molar-refractivity contribution in [2.24, 2.45) is 11.8 Å². The third-order valence-corrected chi connectivity index (χ3v) is 7.28. The fraction of sp³-hybridized carbons (Fsp3) is 0.900. The summed E-state index contributed by atoms with van der Waals surface area (Å²) in [4.78, 5) is 24.3. The highest BCUT2D eigenvalue weighted by molar-refractivity contribution is 5.71. The van der Waals surface area contributed by atoms with Gasteiger partial charge in [0.25, 0.3) is 0 Å². The number of hydrogen-bond donors (Lipinski definition) is 0. The van der Waals surface area contributed by atoms with E-state index in [1.807, 2.05) is 0 Å². The van der Waals surface area contributed by atoms with Gasteiger partial charge in [0.2, 0.25) is 23.1 Å². The van der Waals surface area contributed by atoms with Crippen LogP contribution >= 0.6 is 0 Å². The zero-order valence-electron chi connectivity index (χ0n) is 16.2. The van der Waals surface area contributed by atoms with Crippen LogP contribution in [0, 0.1) is 11.8 Å². The minimum atomic E-state index is -0.444.